The lowest BCUT2D eigenvalue weighted by atomic mass is 9.93. The standard InChI is InChI=1S/C11H16ClNO2/c1-11(2,14)10(13)8-5-4-7(15-3)6-9(8)12/h4-6,10,14H,13H2,1-3H3. The Bertz CT molecular complexity index is 347. The highest BCUT2D eigenvalue weighted by Crippen LogP contribution is 2.31. The highest BCUT2D eigenvalue weighted by molar-refractivity contribution is 6.31. The topological polar surface area (TPSA) is 55.5 Å². The first-order valence-electron chi connectivity index (χ1n) is 4.67. The van der Waals surface area contributed by atoms with Crippen LogP contribution in [0.3, 0.4) is 0 Å². The number of rotatable bonds is 3. The molecule has 0 bridgehead atoms. The molecule has 3 N–H and O–H groups in total. The van der Waals surface area contributed by atoms with E-state index in [2.05, 4.69) is 0 Å². The minimum atomic E-state index is -1.00. The monoisotopic (exact) mass is 229 g/mol. The number of hydrogen-bond donors (Lipinski definition) is 2. The lowest BCUT2D eigenvalue weighted by Gasteiger charge is -2.26. The van der Waals surface area contributed by atoms with Crippen molar-refractivity contribution >= 4 is 11.6 Å². The van der Waals surface area contributed by atoms with Gasteiger partial charge in [0.2, 0.25) is 0 Å². The van der Waals surface area contributed by atoms with Crippen LogP contribution in [0.25, 0.3) is 0 Å². The van der Waals surface area contributed by atoms with E-state index in [0.717, 1.165) is 0 Å². The van der Waals surface area contributed by atoms with E-state index in [9.17, 15) is 5.11 Å². The number of halogens is 1. The molecule has 0 spiro atoms. The van der Waals surface area contributed by atoms with E-state index in [4.69, 9.17) is 22.1 Å². The molecule has 0 aliphatic rings. The van der Waals surface area contributed by atoms with Crippen LogP contribution in [0.2, 0.25) is 5.02 Å². The average molecular weight is 230 g/mol. The molecule has 1 aromatic rings. The first-order chi connectivity index (χ1) is 6.86. The van der Waals surface area contributed by atoms with Crippen molar-refractivity contribution in [2.75, 3.05) is 7.11 Å². The molecular weight excluding hydrogens is 214 g/mol. The fraction of sp³-hybridized carbons (Fsp3) is 0.455. The van der Waals surface area contributed by atoms with Crippen LogP contribution in [0.5, 0.6) is 5.75 Å². The van der Waals surface area contributed by atoms with Gasteiger partial charge >= 0.3 is 0 Å². The number of nitrogens with two attached hydrogens (primary N) is 1. The summed E-state index contributed by atoms with van der Waals surface area (Å²) < 4.78 is 5.03. The Morgan fingerprint density at radius 3 is 2.47 bits per heavy atom. The summed E-state index contributed by atoms with van der Waals surface area (Å²) in [5, 5.41) is 10.3. The van der Waals surface area contributed by atoms with Gasteiger partial charge in [-0.3, -0.25) is 0 Å². The van der Waals surface area contributed by atoms with E-state index in [1.54, 1.807) is 39.2 Å². The molecule has 0 heterocycles. The Hall–Kier alpha value is -0.770. The molecule has 0 aromatic heterocycles. The number of methoxy groups -OCH3 is 1. The quantitative estimate of drug-likeness (QED) is 0.835. The van der Waals surface area contributed by atoms with E-state index >= 15 is 0 Å². The van der Waals surface area contributed by atoms with Crippen molar-refractivity contribution in [3.8, 4) is 5.75 Å². The van der Waals surface area contributed by atoms with Gasteiger partial charge in [0.1, 0.15) is 5.75 Å². The van der Waals surface area contributed by atoms with Gasteiger partial charge in [-0.2, -0.15) is 0 Å². The first kappa shape index (κ1) is 12.3. The maximum Gasteiger partial charge on any atom is 0.120 e. The van der Waals surface area contributed by atoms with Crippen LogP contribution in [0.15, 0.2) is 18.2 Å². The highest BCUT2D eigenvalue weighted by Gasteiger charge is 2.26. The lowest BCUT2D eigenvalue weighted by molar-refractivity contribution is 0.0517. The number of benzene rings is 1. The minimum absolute atomic E-state index is 0.504. The van der Waals surface area contributed by atoms with Gasteiger partial charge in [-0.25, -0.2) is 0 Å². The first-order valence-corrected chi connectivity index (χ1v) is 5.05. The Balaban J connectivity index is 3.06. The second kappa shape index (κ2) is 4.39. The van der Waals surface area contributed by atoms with Crippen LogP contribution in [0, 0.1) is 0 Å². The number of aliphatic hydroxyl groups is 1. The zero-order valence-electron chi connectivity index (χ0n) is 9.12. The maximum atomic E-state index is 9.78. The summed E-state index contributed by atoms with van der Waals surface area (Å²) in [5.74, 6) is 0.673. The Labute approximate surface area is 94.8 Å². The number of hydrogen-bond acceptors (Lipinski definition) is 3. The van der Waals surface area contributed by atoms with Gasteiger partial charge in [-0.05, 0) is 31.5 Å². The fourth-order valence-electron chi connectivity index (χ4n) is 1.27. The SMILES string of the molecule is COc1ccc(C(N)C(C)(C)O)c(Cl)c1. The summed E-state index contributed by atoms with van der Waals surface area (Å²) in [6.45, 7) is 3.30. The summed E-state index contributed by atoms with van der Waals surface area (Å²) in [6, 6.07) is 4.70. The molecular formula is C11H16ClNO2. The van der Waals surface area contributed by atoms with Gasteiger partial charge in [0.25, 0.3) is 0 Å². The third kappa shape index (κ3) is 2.84. The molecule has 4 heteroatoms. The van der Waals surface area contributed by atoms with Crippen molar-refractivity contribution in [1.82, 2.24) is 0 Å². The molecule has 0 amide bonds. The highest BCUT2D eigenvalue weighted by atomic mass is 35.5. The summed E-state index contributed by atoms with van der Waals surface area (Å²) in [5.41, 5.74) is 5.60. The summed E-state index contributed by atoms with van der Waals surface area (Å²) in [6.07, 6.45) is 0. The summed E-state index contributed by atoms with van der Waals surface area (Å²) >= 11 is 6.04. The Morgan fingerprint density at radius 2 is 2.07 bits per heavy atom. The zero-order chi connectivity index (χ0) is 11.6. The zero-order valence-corrected chi connectivity index (χ0v) is 9.88. The second-order valence-corrected chi connectivity index (χ2v) is 4.43. The van der Waals surface area contributed by atoms with Crippen LogP contribution in [0.4, 0.5) is 0 Å². The van der Waals surface area contributed by atoms with E-state index in [-0.39, 0.29) is 0 Å². The lowest BCUT2D eigenvalue weighted by Crippen LogP contribution is -2.35. The molecule has 0 saturated heterocycles. The van der Waals surface area contributed by atoms with Crippen molar-refractivity contribution in [1.29, 1.82) is 0 Å². The average Bonchev–Trinajstić information content (AvgIpc) is 2.15. The molecule has 1 atom stereocenters. The molecule has 0 aliphatic heterocycles. The molecule has 3 nitrogen and oxygen atoms in total. The summed E-state index contributed by atoms with van der Waals surface area (Å²) in [7, 11) is 1.57. The van der Waals surface area contributed by atoms with Gasteiger partial charge in [-0.15, -0.1) is 0 Å². The molecule has 0 fully saturated rings. The van der Waals surface area contributed by atoms with Crippen LogP contribution in [0.1, 0.15) is 25.5 Å². The van der Waals surface area contributed by atoms with Crippen molar-refractivity contribution in [2.45, 2.75) is 25.5 Å². The second-order valence-electron chi connectivity index (χ2n) is 4.02. The largest absolute Gasteiger partial charge is 0.497 e. The van der Waals surface area contributed by atoms with Gasteiger partial charge < -0.3 is 15.6 Å². The Morgan fingerprint density at radius 1 is 1.47 bits per heavy atom. The third-order valence-electron chi connectivity index (χ3n) is 2.30. The third-order valence-corrected chi connectivity index (χ3v) is 2.63. The number of ether oxygens (including phenoxy) is 1. The maximum absolute atomic E-state index is 9.78. The predicted molar refractivity (Wildman–Crippen MR) is 61.2 cm³/mol. The smallest absolute Gasteiger partial charge is 0.120 e. The van der Waals surface area contributed by atoms with Gasteiger partial charge in [0, 0.05) is 5.02 Å². The normalized spacial score (nSPS) is 13.7. The van der Waals surface area contributed by atoms with E-state index in [1.165, 1.54) is 0 Å². The molecule has 1 rings (SSSR count). The predicted octanol–water partition coefficient (Wildman–Crippen LogP) is 2.12. The van der Waals surface area contributed by atoms with Crippen molar-refractivity contribution in [2.24, 2.45) is 5.73 Å². The van der Waals surface area contributed by atoms with Gasteiger partial charge in [0.05, 0.1) is 18.8 Å². The molecule has 0 radical (unpaired) electrons. The van der Waals surface area contributed by atoms with Crippen molar-refractivity contribution in [3.05, 3.63) is 28.8 Å². The van der Waals surface area contributed by atoms with Crippen LogP contribution in [-0.4, -0.2) is 17.8 Å². The van der Waals surface area contributed by atoms with Crippen LogP contribution >= 0.6 is 11.6 Å². The van der Waals surface area contributed by atoms with Crippen molar-refractivity contribution in [3.63, 3.8) is 0 Å². The minimum Gasteiger partial charge on any atom is -0.497 e. The van der Waals surface area contributed by atoms with Crippen LogP contribution < -0.4 is 10.5 Å². The van der Waals surface area contributed by atoms with Gasteiger partial charge in [0.15, 0.2) is 0 Å². The summed E-state index contributed by atoms with van der Waals surface area (Å²) in [4.78, 5) is 0. The molecule has 0 saturated carbocycles. The fourth-order valence-corrected chi connectivity index (χ4v) is 1.56. The molecule has 1 aromatic carbocycles. The molecule has 1 unspecified atom stereocenters. The van der Waals surface area contributed by atoms with Gasteiger partial charge in [-0.1, -0.05) is 17.7 Å². The Kier molecular flexibility index (Phi) is 3.60. The van der Waals surface area contributed by atoms with E-state index in [0.29, 0.717) is 16.3 Å². The van der Waals surface area contributed by atoms with Crippen molar-refractivity contribution < 1.29 is 9.84 Å². The molecule has 15 heavy (non-hydrogen) atoms. The molecule has 0 aliphatic carbocycles. The van der Waals surface area contributed by atoms with E-state index in [1.807, 2.05) is 0 Å². The van der Waals surface area contributed by atoms with E-state index < -0.39 is 11.6 Å². The molecule has 84 valence electrons. The van der Waals surface area contributed by atoms with Crippen LogP contribution in [-0.2, 0) is 0 Å².